The standard InChI is InChI=1S/C21H23NO3S/c1-6-19(26-21(2,3)20(23)24)17-13-15(9-12-18(17)22-4)14-7-10-16(25-5)11-8-14/h6-13H,4H2,1-3,5H3,(H,23,24)/b19-6+. The van der Waals surface area contributed by atoms with E-state index in [1.807, 2.05) is 55.5 Å². The second kappa shape index (κ2) is 8.23. The number of rotatable bonds is 7. The summed E-state index contributed by atoms with van der Waals surface area (Å²) in [5, 5.41) is 9.45. The number of aliphatic imine (C=N–C) groups is 1. The summed E-state index contributed by atoms with van der Waals surface area (Å²) in [5.74, 6) is -0.0625. The summed E-state index contributed by atoms with van der Waals surface area (Å²) in [7, 11) is 1.64. The molecule has 0 spiro atoms. The summed E-state index contributed by atoms with van der Waals surface area (Å²) in [6.07, 6.45) is 1.91. The Morgan fingerprint density at radius 1 is 1.19 bits per heavy atom. The summed E-state index contributed by atoms with van der Waals surface area (Å²) in [5.41, 5.74) is 3.66. The van der Waals surface area contributed by atoms with Gasteiger partial charge in [0.2, 0.25) is 0 Å². The predicted molar refractivity (Wildman–Crippen MR) is 111 cm³/mol. The van der Waals surface area contributed by atoms with E-state index >= 15 is 0 Å². The number of carboxylic acids is 1. The van der Waals surface area contributed by atoms with Crippen LogP contribution in [0.2, 0.25) is 0 Å². The molecule has 0 aliphatic carbocycles. The molecular weight excluding hydrogens is 346 g/mol. The number of hydrogen-bond acceptors (Lipinski definition) is 4. The molecule has 0 aromatic heterocycles. The zero-order chi connectivity index (χ0) is 19.3. The molecule has 2 aromatic rings. The van der Waals surface area contributed by atoms with E-state index in [1.165, 1.54) is 11.8 Å². The van der Waals surface area contributed by atoms with Crippen molar-refractivity contribution in [2.75, 3.05) is 7.11 Å². The molecule has 1 N–H and O–H groups in total. The number of nitrogens with zero attached hydrogens (tertiary/aromatic N) is 1. The smallest absolute Gasteiger partial charge is 0.319 e. The third-order valence-electron chi connectivity index (χ3n) is 4.00. The van der Waals surface area contributed by atoms with Crippen LogP contribution >= 0.6 is 11.8 Å². The molecule has 0 heterocycles. The SMILES string of the molecule is C=Nc1ccc(-c2ccc(OC)cc2)cc1/C(=C\C)SC(C)(C)C(=O)O. The van der Waals surface area contributed by atoms with Gasteiger partial charge in [-0.2, -0.15) is 0 Å². The molecule has 0 atom stereocenters. The Kier molecular flexibility index (Phi) is 6.27. The second-order valence-electron chi connectivity index (χ2n) is 6.19. The van der Waals surface area contributed by atoms with Crippen LogP contribution in [-0.2, 0) is 4.79 Å². The molecule has 0 aliphatic heterocycles. The van der Waals surface area contributed by atoms with Crippen LogP contribution in [0.15, 0.2) is 53.5 Å². The second-order valence-corrected chi connectivity index (χ2v) is 7.85. The number of carbonyl (C=O) groups is 1. The van der Waals surface area contributed by atoms with Crippen molar-refractivity contribution in [1.82, 2.24) is 0 Å². The highest BCUT2D eigenvalue weighted by atomic mass is 32.2. The number of hydrogen-bond donors (Lipinski definition) is 1. The molecule has 0 saturated carbocycles. The van der Waals surface area contributed by atoms with Crippen LogP contribution in [0.4, 0.5) is 5.69 Å². The number of ether oxygens (including phenoxy) is 1. The fourth-order valence-electron chi connectivity index (χ4n) is 2.42. The maximum absolute atomic E-state index is 11.5. The van der Waals surface area contributed by atoms with E-state index in [9.17, 15) is 9.90 Å². The third kappa shape index (κ3) is 4.35. The molecule has 26 heavy (non-hydrogen) atoms. The van der Waals surface area contributed by atoms with Gasteiger partial charge < -0.3 is 9.84 Å². The Balaban J connectivity index is 2.48. The molecular formula is C21H23NO3S. The average Bonchev–Trinajstić information content (AvgIpc) is 2.65. The Morgan fingerprint density at radius 3 is 2.31 bits per heavy atom. The van der Waals surface area contributed by atoms with Gasteiger partial charge in [0.05, 0.1) is 12.8 Å². The molecule has 2 aromatic carbocycles. The van der Waals surface area contributed by atoms with E-state index in [0.717, 1.165) is 33.0 Å². The van der Waals surface area contributed by atoms with Crippen molar-refractivity contribution >= 4 is 35.0 Å². The largest absolute Gasteiger partial charge is 0.497 e. The number of allylic oxidation sites excluding steroid dienone is 1. The van der Waals surface area contributed by atoms with Gasteiger partial charge in [0.15, 0.2) is 0 Å². The van der Waals surface area contributed by atoms with Crippen LogP contribution in [0.1, 0.15) is 26.3 Å². The Morgan fingerprint density at radius 2 is 1.81 bits per heavy atom. The van der Waals surface area contributed by atoms with Gasteiger partial charge >= 0.3 is 5.97 Å². The average molecular weight is 369 g/mol. The van der Waals surface area contributed by atoms with Crippen molar-refractivity contribution in [2.45, 2.75) is 25.5 Å². The summed E-state index contributed by atoms with van der Waals surface area (Å²) in [6, 6.07) is 13.7. The van der Waals surface area contributed by atoms with Crippen LogP contribution in [0.3, 0.4) is 0 Å². The highest BCUT2D eigenvalue weighted by Gasteiger charge is 2.30. The molecule has 136 valence electrons. The van der Waals surface area contributed by atoms with Crippen LogP contribution < -0.4 is 4.74 Å². The van der Waals surface area contributed by atoms with Crippen molar-refractivity contribution in [3.05, 3.63) is 54.1 Å². The van der Waals surface area contributed by atoms with Crippen molar-refractivity contribution in [1.29, 1.82) is 0 Å². The zero-order valence-corrected chi connectivity index (χ0v) is 16.3. The van der Waals surface area contributed by atoms with Gasteiger partial charge in [0.25, 0.3) is 0 Å². The minimum Gasteiger partial charge on any atom is -0.497 e. The van der Waals surface area contributed by atoms with E-state index in [-0.39, 0.29) is 0 Å². The van der Waals surface area contributed by atoms with Crippen molar-refractivity contribution in [3.8, 4) is 16.9 Å². The molecule has 2 rings (SSSR count). The van der Waals surface area contributed by atoms with Gasteiger partial charge in [-0.3, -0.25) is 9.79 Å². The van der Waals surface area contributed by atoms with Crippen LogP contribution in [0, 0.1) is 0 Å². The fourth-order valence-corrected chi connectivity index (χ4v) is 3.45. The summed E-state index contributed by atoms with van der Waals surface area (Å²) in [4.78, 5) is 16.5. The first-order chi connectivity index (χ1) is 12.3. The molecule has 5 heteroatoms. The number of benzene rings is 2. The lowest BCUT2D eigenvalue weighted by Gasteiger charge is -2.21. The van der Waals surface area contributed by atoms with Crippen LogP contribution in [0.25, 0.3) is 16.0 Å². The monoisotopic (exact) mass is 369 g/mol. The van der Waals surface area contributed by atoms with Gasteiger partial charge in [0.1, 0.15) is 10.5 Å². The van der Waals surface area contributed by atoms with E-state index < -0.39 is 10.7 Å². The lowest BCUT2D eigenvalue weighted by molar-refractivity contribution is -0.138. The maximum Gasteiger partial charge on any atom is 0.319 e. The maximum atomic E-state index is 11.5. The summed E-state index contributed by atoms with van der Waals surface area (Å²) >= 11 is 1.30. The molecule has 0 radical (unpaired) electrons. The molecule has 0 bridgehead atoms. The first kappa shape index (κ1) is 19.8. The Hall–Kier alpha value is -2.53. The van der Waals surface area contributed by atoms with Crippen molar-refractivity contribution < 1.29 is 14.6 Å². The predicted octanol–water partition coefficient (Wildman–Crippen LogP) is 5.65. The van der Waals surface area contributed by atoms with Crippen LogP contribution in [-0.4, -0.2) is 29.7 Å². The topological polar surface area (TPSA) is 58.9 Å². The molecule has 0 unspecified atom stereocenters. The highest BCUT2D eigenvalue weighted by Crippen LogP contribution is 2.42. The van der Waals surface area contributed by atoms with E-state index in [2.05, 4.69) is 11.7 Å². The number of aliphatic carboxylic acids is 1. The van der Waals surface area contributed by atoms with E-state index in [0.29, 0.717) is 0 Å². The highest BCUT2D eigenvalue weighted by molar-refractivity contribution is 8.10. The molecule has 4 nitrogen and oxygen atoms in total. The number of methoxy groups -OCH3 is 1. The number of thioether (sulfide) groups is 1. The Labute approximate surface area is 158 Å². The van der Waals surface area contributed by atoms with Crippen molar-refractivity contribution in [2.24, 2.45) is 4.99 Å². The van der Waals surface area contributed by atoms with Gasteiger partial charge in [0, 0.05) is 10.5 Å². The Bertz CT molecular complexity index is 839. The fraction of sp³-hybridized carbons (Fsp3) is 0.238. The lowest BCUT2D eigenvalue weighted by Crippen LogP contribution is -2.27. The zero-order valence-electron chi connectivity index (χ0n) is 15.4. The molecule has 0 aliphatic rings. The first-order valence-corrected chi connectivity index (χ1v) is 8.98. The third-order valence-corrected chi connectivity index (χ3v) is 5.36. The lowest BCUT2D eigenvalue weighted by atomic mass is 10.0. The minimum atomic E-state index is -0.948. The van der Waals surface area contributed by atoms with E-state index in [4.69, 9.17) is 4.74 Å². The summed E-state index contributed by atoms with van der Waals surface area (Å²) in [6.45, 7) is 8.93. The quantitative estimate of drug-likeness (QED) is 0.641. The summed E-state index contributed by atoms with van der Waals surface area (Å²) < 4.78 is 4.26. The molecule has 0 amide bonds. The number of carboxylic acid groups (broad SMARTS) is 1. The first-order valence-electron chi connectivity index (χ1n) is 8.16. The van der Waals surface area contributed by atoms with Gasteiger partial charge in [-0.15, -0.1) is 11.8 Å². The normalized spacial score (nSPS) is 11.9. The van der Waals surface area contributed by atoms with E-state index in [1.54, 1.807) is 21.0 Å². The van der Waals surface area contributed by atoms with Gasteiger partial charge in [-0.05, 0) is 62.9 Å². The van der Waals surface area contributed by atoms with Crippen LogP contribution in [0.5, 0.6) is 5.75 Å². The van der Waals surface area contributed by atoms with Gasteiger partial charge in [-0.25, -0.2) is 0 Å². The minimum absolute atomic E-state index is 0.726. The van der Waals surface area contributed by atoms with Gasteiger partial charge in [-0.1, -0.05) is 24.3 Å². The molecule has 0 saturated heterocycles. The van der Waals surface area contributed by atoms with Crippen molar-refractivity contribution in [3.63, 3.8) is 0 Å². The molecule has 0 fully saturated rings.